The number of benzene rings is 2. The van der Waals surface area contributed by atoms with Gasteiger partial charge in [0.05, 0.1) is 30.0 Å². The molecule has 7 heteroatoms. The highest BCUT2D eigenvalue weighted by molar-refractivity contribution is 7.08. The standard InChI is InChI=1S/C23H23N3O3S/c27-22(18-9-14-30-16-18)25-21-4-2-1-3-20(21)23(28)24-19-7-5-17(6-8-19)15-26-10-12-29-13-11-26/h1-9,14,16H,10-13,15H2,(H,24,28)(H,25,27). The number of nitrogens with one attached hydrogen (secondary N) is 2. The van der Waals surface area contributed by atoms with Gasteiger partial charge in [-0.2, -0.15) is 11.3 Å². The molecule has 0 unspecified atom stereocenters. The smallest absolute Gasteiger partial charge is 0.257 e. The van der Waals surface area contributed by atoms with Crippen LogP contribution in [0.3, 0.4) is 0 Å². The van der Waals surface area contributed by atoms with E-state index in [2.05, 4.69) is 15.5 Å². The molecule has 1 aliphatic rings. The molecule has 2 N–H and O–H groups in total. The molecule has 0 bridgehead atoms. The van der Waals surface area contributed by atoms with Gasteiger partial charge in [-0.1, -0.05) is 24.3 Å². The van der Waals surface area contributed by atoms with Crippen LogP contribution >= 0.6 is 11.3 Å². The number of ether oxygens (including phenoxy) is 1. The van der Waals surface area contributed by atoms with Gasteiger partial charge in [0.25, 0.3) is 11.8 Å². The van der Waals surface area contributed by atoms with Gasteiger partial charge in [-0.25, -0.2) is 0 Å². The van der Waals surface area contributed by atoms with Crippen molar-refractivity contribution in [2.24, 2.45) is 0 Å². The van der Waals surface area contributed by atoms with E-state index in [0.717, 1.165) is 32.8 Å². The number of carbonyl (C=O) groups excluding carboxylic acids is 2. The normalized spacial score (nSPS) is 14.3. The van der Waals surface area contributed by atoms with Crippen LogP contribution in [0.1, 0.15) is 26.3 Å². The van der Waals surface area contributed by atoms with Gasteiger partial charge in [-0.05, 0) is 41.3 Å². The fourth-order valence-electron chi connectivity index (χ4n) is 3.29. The van der Waals surface area contributed by atoms with Crippen molar-refractivity contribution in [2.45, 2.75) is 6.54 Å². The maximum atomic E-state index is 12.8. The van der Waals surface area contributed by atoms with Crippen LogP contribution in [0.25, 0.3) is 0 Å². The molecule has 1 saturated heterocycles. The third-order valence-corrected chi connectivity index (χ3v) is 5.61. The van der Waals surface area contributed by atoms with Crippen LogP contribution in [0, 0.1) is 0 Å². The lowest BCUT2D eigenvalue weighted by atomic mass is 10.1. The van der Waals surface area contributed by atoms with Crippen LogP contribution in [-0.4, -0.2) is 43.0 Å². The predicted octanol–water partition coefficient (Wildman–Crippen LogP) is 4.08. The Morgan fingerprint density at radius 1 is 0.933 bits per heavy atom. The topological polar surface area (TPSA) is 70.7 Å². The first-order valence-corrected chi connectivity index (χ1v) is 10.8. The van der Waals surface area contributed by atoms with E-state index in [0.29, 0.717) is 22.5 Å². The van der Waals surface area contributed by atoms with Crippen molar-refractivity contribution < 1.29 is 14.3 Å². The van der Waals surface area contributed by atoms with E-state index in [1.807, 2.05) is 29.6 Å². The average Bonchev–Trinajstić information content (AvgIpc) is 3.31. The maximum absolute atomic E-state index is 12.8. The molecule has 2 amide bonds. The number of nitrogens with zero attached hydrogens (tertiary/aromatic N) is 1. The molecule has 0 saturated carbocycles. The van der Waals surface area contributed by atoms with Crippen LogP contribution in [0.4, 0.5) is 11.4 Å². The lowest BCUT2D eigenvalue weighted by Crippen LogP contribution is -2.35. The Labute approximate surface area is 179 Å². The minimum absolute atomic E-state index is 0.232. The van der Waals surface area contributed by atoms with Crippen LogP contribution in [0.2, 0.25) is 0 Å². The summed E-state index contributed by atoms with van der Waals surface area (Å²) < 4.78 is 5.38. The van der Waals surface area contributed by atoms with Gasteiger partial charge in [0.15, 0.2) is 0 Å². The molecule has 1 fully saturated rings. The number of thiophene rings is 1. The summed E-state index contributed by atoms with van der Waals surface area (Å²) in [5, 5.41) is 9.36. The minimum Gasteiger partial charge on any atom is -0.379 e. The van der Waals surface area contributed by atoms with Crippen molar-refractivity contribution in [1.82, 2.24) is 4.90 Å². The van der Waals surface area contributed by atoms with Crippen molar-refractivity contribution in [1.29, 1.82) is 0 Å². The van der Waals surface area contributed by atoms with Crippen LogP contribution < -0.4 is 10.6 Å². The highest BCUT2D eigenvalue weighted by Gasteiger charge is 2.15. The summed E-state index contributed by atoms with van der Waals surface area (Å²) in [6.45, 7) is 4.29. The Morgan fingerprint density at radius 3 is 2.43 bits per heavy atom. The zero-order valence-electron chi connectivity index (χ0n) is 16.5. The van der Waals surface area contributed by atoms with Gasteiger partial charge in [0.2, 0.25) is 0 Å². The predicted molar refractivity (Wildman–Crippen MR) is 119 cm³/mol. The molecule has 0 spiro atoms. The molecule has 1 aliphatic heterocycles. The second-order valence-electron chi connectivity index (χ2n) is 7.05. The summed E-state index contributed by atoms with van der Waals surface area (Å²) in [5.74, 6) is -0.499. The monoisotopic (exact) mass is 421 g/mol. The molecule has 2 heterocycles. The van der Waals surface area contributed by atoms with E-state index in [1.165, 1.54) is 16.9 Å². The first-order chi connectivity index (χ1) is 14.7. The quantitative estimate of drug-likeness (QED) is 0.629. The fourth-order valence-corrected chi connectivity index (χ4v) is 3.92. The Balaban J connectivity index is 1.40. The van der Waals surface area contributed by atoms with E-state index >= 15 is 0 Å². The van der Waals surface area contributed by atoms with Crippen molar-refractivity contribution in [3.05, 3.63) is 82.0 Å². The largest absolute Gasteiger partial charge is 0.379 e. The summed E-state index contributed by atoms with van der Waals surface area (Å²) in [6, 6.07) is 16.6. The number of para-hydroxylation sites is 1. The van der Waals surface area contributed by atoms with Crippen molar-refractivity contribution in [3.8, 4) is 0 Å². The number of hydrogen-bond donors (Lipinski definition) is 2. The summed E-state index contributed by atoms with van der Waals surface area (Å²) in [6.07, 6.45) is 0. The second-order valence-corrected chi connectivity index (χ2v) is 7.83. The molecule has 0 radical (unpaired) electrons. The minimum atomic E-state index is -0.267. The van der Waals surface area contributed by atoms with E-state index in [4.69, 9.17) is 4.74 Å². The molecular formula is C23H23N3O3S. The maximum Gasteiger partial charge on any atom is 0.257 e. The number of carbonyl (C=O) groups is 2. The number of morpholine rings is 1. The third-order valence-electron chi connectivity index (χ3n) is 4.92. The van der Waals surface area contributed by atoms with Gasteiger partial charge in [0, 0.05) is 30.7 Å². The van der Waals surface area contributed by atoms with Crippen LogP contribution in [-0.2, 0) is 11.3 Å². The highest BCUT2D eigenvalue weighted by Crippen LogP contribution is 2.20. The second kappa shape index (κ2) is 9.67. The van der Waals surface area contributed by atoms with E-state index in [-0.39, 0.29) is 11.8 Å². The van der Waals surface area contributed by atoms with Gasteiger partial charge in [-0.15, -0.1) is 0 Å². The molecule has 1 aromatic heterocycles. The molecule has 30 heavy (non-hydrogen) atoms. The number of rotatable bonds is 6. The summed E-state index contributed by atoms with van der Waals surface area (Å²) in [5.41, 5.74) is 3.38. The van der Waals surface area contributed by atoms with Gasteiger partial charge < -0.3 is 15.4 Å². The van der Waals surface area contributed by atoms with Crippen molar-refractivity contribution in [2.75, 3.05) is 36.9 Å². The Morgan fingerprint density at radius 2 is 1.70 bits per heavy atom. The molecule has 0 atom stereocenters. The first kappa shape index (κ1) is 20.3. The number of amides is 2. The van der Waals surface area contributed by atoms with Crippen molar-refractivity contribution in [3.63, 3.8) is 0 Å². The first-order valence-electron chi connectivity index (χ1n) is 9.82. The number of anilines is 2. The Hall–Kier alpha value is -3.00. The lowest BCUT2D eigenvalue weighted by molar-refractivity contribution is 0.0342. The molecule has 0 aliphatic carbocycles. The zero-order chi connectivity index (χ0) is 20.8. The van der Waals surface area contributed by atoms with Gasteiger partial charge >= 0.3 is 0 Å². The van der Waals surface area contributed by atoms with E-state index in [1.54, 1.807) is 35.7 Å². The molecule has 3 aromatic rings. The SMILES string of the molecule is O=C(Nc1ccccc1C(=O)Nc1ccc(CN2CCOCC2)cc1)c1ccsc1. The molecule has 2 aromatic carbocycles. The summed E-state index contributed by atoms with van der Waals surface area (Å²) in [4.78, 5) is 27.5. The molecule has 4 rings (SSSR count). The van der Waals surface area contributed by atoms with E-state index in [9.17, 15) is 9.59 Å². The molecular weight excluding hydrogens is 398 g/mol. The molecule has 154 valence electrons. The Kier molecular flexibility index (Phi) is 6.53. The van der Waals surface area contributed by atoms with Crippen LogP contribution in [0.5, 0.6) is 0 Å². The molecule has 6 nitrogen and oxygen atoms in total. The summed E-state index contributed by atoms with van der Waals surface area (Å²) in [7, 11) is 0. The van der Waals surface area contributed by atoms with Gasteiger partial charge in [-0.3, -0.25) is 14.5 Å². The zero-order valence-corrected chi connectivity index (χ0v) is 17.3. The van der Waals surface area contributed by atoms with E-state index < -0.39 is 0 Å². The van der Waals surface area contributed by atoms with Gasteiger partial charge in [0.1, 0.15) is 0 Å². The highest BCUT2D eigenvalue weighted by atomic mass is 32.1. The van der Waals surface area contributed by atoms with Crippen LogP contribution in [0.15, 0.2) is 65.4 Å². The third kappa shape index (κ3) is 5.13. The number of hydrogen-bond acceptors (Lipinski definition) is 5. The Bertz CT molecular complexity index is 997. The summed E-state index contributed by atoms with van der Waals surface area (Å²) >= 11 is 1.45. The lowest BCUT2D eigenvalue weighted by Gasteiger charge is -2.26. The average molecular weight is 422 g/mol. The fraction of sp³-hybridized carbons (Fsp3) is 0.217. The van der Waals surface area contributed by atoms with Crippen molar-refractivity contribution >= 4 is 34.5 Å².